The average Bonchev–Trinajstić information content (AvgIpc) is 1.81. The van der Waals surface area contributed by atoms with Gasteiger partial charge < -0.3 is 15.6 Å². The highest BCUT2D eigenvalue weighted by molar-refractivity contribution is 5.70. The van der Waals surface area contributed by atoms with Gasteiger partial charge in [-0.2, -0.15) is 0 Å². The van der Waals surface area contributed by atoms with Crippen molar-refractivity contribution in [2.75, 3.05) is 6.61 Å². The molecule has 0 aliphatic carbocycles. The van der Waals surface area contributed by atoms with Crippen molar-refractivity contribution in [2.45, 2.75) is 45.3 Å². The van der Waals surface area contributed by atoms with Crippen LogP contribution >= 0.6 is 0 Å². The molecule has 0 amide bonds. The van der Waals surface area contributed by atoms with E-state index in [-0.39, 0.29) is 25.0 Å². The summed E-state index contributed by atoms with van der Waals surface area (Å²) in [5.74, 6) is -0.312. The molecule has 13 heavy (non-hydrogen) atoms. The van der Waals surface area contributed by atoms with Gasteiger partial charge in [0.15, 0.2) is 0 Å². The molecule has 3 N–H and O–H groups in total. The molecule has 0 aromatic heterocycles. The van der Waals surface area contributed by atoms with E-state index >= 15 is 0 Å². The van der Waals surface area contributed by atoms with Crippen molar-refractivity contribution in [1.29, 1.82) is 0 Å². The topological polar surface area (TPSA) is 72.5 Å². The second kappa shape index (κ2) is 5.19. The third kappa shape index (κ3) is 7.74. The quantitative estimate of drug-likeness (QED) is 0.629. The maximum absolute atomic E-state index is 11.2. The monoisotopic (exact) mass is 189 g/mol. The average molecular weight is 189 g/mol. The third-order valence-corrected chi connectivity index (χ3v) is 1.35. The zero-order valence-electron chi connectivity index (χ0n) is 8.54. The van der Waals surface area contributed by atoms with Gasteiger partial charge in [-0.05, 0) is 27.2 Å². The minimum Gasteiger partial charge on any atom is -0.460 e. The molecule has 0 saturated carbocycles. The van der Waals surface area contributed by atoms with Crippen LogP contribution in [0, 0.1) is 0 Å². The van der Waals surface area contributed by atoms with E-state index < -0.39 is 5.60 Å². The fraction of sp³-hybridized carbons (Fsp3) is 0.889. The molecule has 0 radical (unpaired) electrons. The predicted octanol–water partition coefficient (Wildman–Crippen LogP) is 0.428. The Morgan fingerprint density at radius 1 is 1.54 bits per heavy atom. The summed E-state index contributed by atoms with van der Waals surface area (Å²) in [6.45, 7) is 5.43. The van der Waals surface area contributed by atoms with Crippen LogP contribution in [0.15, 0.2) is 0 Å². The Labute approximate surface area is 79.1 Å². The van der Waals surface area contributed by atoms with E-state index in [4.69, 9.17) is 15.6 Å². The van der Waals surface area contributed by atoms with Crippen molar-refractivity contribution in [2.24, 2.45) is 5.73 Å². The van der Waals surface area contributed by atoms with Crippen molar-refractivity contribution in [1.82, 2.24) is 0 Å². The van der Waals surface area contributed by atoms with Gasteiger partial charge in [0.2, 0.25) is 0 Å². The number of carbonyl (C=O) groups is 1. The van der Waals surface area contributed by atoms with Crippen LogP contribution in [0.2, 0.25) is 0 Å². The SMILES string of the molecule is CC(C)(C)OC(=O)CC(N)CCO. The van der Waals surface area contributed by atoms with E-state index in [1.165, 1.54) is 0 Å². The summed E-state index contributed by atoms with van der Waals surface area (Å²) < 4.78 is 5.05. The number of nitrogens with two attached hydrogens (primary N) is 1. The fourth-order valence-corrected chi connectivity index (χ4v) is 0.865. The molecule has 0 aromatic rings. The predicted molar refractivity (Wildman–Crippen MR) is 50.1 cm³/mol. The van der Waals surface area contributed by atoms with Gasteiger partial charge in [0.05, 0.1) is 6.42 Å². The molecule has 0 aliphatic rings. The van der Waals surface area contributed by atoms with E-state index in [2.05, 4.69) is 0 Å². The van der Waals surface area contributed by atoms with Crippen LogP contribution in [-0.2, 0) is 9.53 Å². The van der Waals surface area contributed by atoms with Crippen molar-refractivity contribution >= 4 is 5.97 Å². The Morgan fingerprint density at radius 2 is 2.08 bits per heavy atom. The summed E-state index contributed by atoms with van der Waals surface area (Å²) in [5.41, 5.74) is 5.08. The Hall–Kier alpha value is -0.610. The molecule has 1 unspecified atom stereocenters. The van der Waals surface area contributed by atoms with Crippen LogP contribution < -0.4 is 5.73 Å². The normalized spacial score (nSPS) is 13.9. The van der Waals surface area contributed by atoms with Gasteiger partial charge in [0.25, 0.3) is 0 Å². The van der Waals surface area contributed by atoms with E-state index in [0.29, 0.717) is 6.42 Å². The van der Waals surface area contributed by atoms with E-state index in [0.717, 1.165) is 0 Å². The molecule has 0 rings (SSSR count). The number of carbonyl (C=O) groups excluding carboxylic acids is 1. The van der Waals surface area contributed by atoms with Gasteiger partial charge in [0.1, 0.15) is 5.60 Å². The van der Waals surface area contributed by atoms with Crippen molar-refractivity contribution in [3.8, 4) is 0 Å². The molecule has 78 valence electrons. The van der Waals surface area contributed by atoms with Crippen molar-refractivity contribution in [3.05, 3.63) is 0 Å². The van der Waals surface area contributed by atoms with Crippen LogP contribution in [0.4, 0.5) is 0 Å². The lowest BCUT2D eigenvalue weighted by atomic mass is 10.1. The molecular formula is C9H19NO3. The Bertz CT molecular complexity index is 163. The Balaban J connectivity index is 3.74. The first-order chi connectivity index (χ1) is 5.85. The van der Waals surface area contributed by atoms with Gasteiger partial charge in [0, 0.05) is 12.6 Å². The molecule has 4 nitrogen and oxygen atoms in total. The number of rotatable bonds is 4. The second-order valence-corrected chi connectivity index (χ2v) is 4.06. The highest BCUT2D eigenvalue weighted by Crippen LogP contribution is 2.09. The molecule has 0 aliphatic heterocycles. The summed E-state index contributed by atoms with van der Waals surface area (Å²) in [5, 5.41) is 8.55. The number of esters is 1. The lowest BCUT2D eigenvalue weighted by Gasteiger charge is -2.20. The first-order valence-corrected chi connectivity index (χ1v) is 4.43. The number of hydrogen-bond donors (Lipinski definition) is 2. The highest BCUT2D eigenvalue weighted by atomic mass is 16.6. The highest BCUT2D eigenvalue weighted by Gasteiger charge is 2.18. The van der Waals surface area contributed by atoms with Crippen LogP contribution in [0.25, 0.3) is 0 Å². The minimum atomic E-state index is -0.462. The Morgan fingerprint density at radius 3 is 2.46 bits per heavy atom. The van der Waals surface area contributed by atoms with Crippen LogP contribution in [0.3, 0.4) is 0 Å². The summed E-state index contributed by atoms with van der Waals surface area (Å²) in [6, 6.07) is -0.306. The standard InChI is InChI=1S/C9H19NO3/c1-9(2,3)13-8(12)6-7(10)4-5-11/h7,11H,4-6,10H2,1-3H3. The van der Waals surface area contributed by atoms with Gasteiger partial charge in [-0.25, -0.2) is 0 Å². The minimum absolute atomic E-state index is 0.00393. The molecule has 0 bridgehead atoms. The first kappa shape index (κ1) is 12.4. The molecular weight excluding hydrogens is 170 g/mol. The number of hydrogen-bond acceptors (Lipinski definition) is 4. The zero-order valence-corrected chi connectivity index (χ0v) is 8.54. The summed E-state index contributed by atoms with van der Waals surface area (Å²) >= 11 is 0. The van der Waals surface area contributed by atoms with Gasteiger partial charge in [-0.1, -0.05) is 0 Å². The van der Waals surface area contributed by atoms with E-state index in [1.807, 2.05) is 20.8 Å². The van der Waals surface area contributed by atoms with Gasteiger partial charge >= 0.3 is 5.97 Å². The molecule has 0 spiro atoms. The Kier molecular flexibility index (Phi) is 4.95. The fourth-order valence-electron chi connectivity index (χ4n) is 0.865. The lowest BCUT2D eigenvalue weighted by Crippen LogP contribution is -2.30. The second-order valence-electron chi connectivity index (χ2n) is 4.06. The van der Waals surface area contributed by atoms with Crippen LogP contribution in [-0.4, -0.2) is 29.3 Å². The van der Waals surface area contributed by atoms with E-state index in [1.54, 1.807) is 0 Å². The molecule has 0 aromatic carbocycles. The zero-order chi connectivity index (χ0) is 10.5. The molecule has 0 heterocycles. The number of aliphatic hydroxyl groups excluding tert-OH is 1. The molecule has 0 fully saturated rings. The first-order valence-electron chi connectivity index (χ1n) is 4.43. The van der Waals surface area contributed by atoms with Gasteiger partial charge in [-0.3, -0.25) is 4.79 Å². The van der Waals surface area contributed by atoms with Gasteiger partial charge in [-0.15, -0.1) is 0 Å². The lowest BCUT2D eigenvalue weighted by molar-refractivity contribution is -0.155. The molecule has 1 atom stereocenters. The molecule has 4 heteroatoms. The largest absolute Gasteiger partial charge is 0.460 e. The number of aliphatic hydroxyl groups is 1. The van der Waals surface area contributed by atoms with Crippen LogP contribution in [0.5, 0.6) is 0 Å². The summed E-state index contributed by atoms with van der Waals surface area (Å²) in [4.78, 5) is 11.2. The maximum Gasteiger partial charge on any atom is 0.307 e. The smallest absolute Gasteiger partial charge is 0.307 e. The maximum atomic E-state index is 11.2. The summed E-state index contributed by atoms with van der Waals surface area (Å²) in [7, 11) is 0. The summed E-state index contributed by atoms with van der Waals surface area (Å²) in [6.07, 6.45) is 0.594. The number of ether oxygens (including phenoxy) is 1. The third-order valence-electron chi connectivity index (χ3n) is 1.35. The van der Waals surface area contributed by atoms with E-state index in [9.17, 15) is 4.79 Å². The molecule has 0 saturated heterocycles. The van der Waals surface area contributed by atoms with Crippen molar-refractivity contribution in [3.63, 3.8) is 0 Å². The van der Waals surface area contributed by atoms with Crippen molar-refractivity contribution < 1.29 is 14.6 Å². The van der Waals surface area contributed by atoms with Crippen LogP contribution in [0.1, 0.15) is 33.6 Å².